The molecule has 0 unspecified atom stereocenters. The molecule has 4 atom stereocenters. The van der Waals surface area contributed by atoms with Crippen molar-refractivity contribution in [2.75, 3.05) is 6.61 Å². The highest BCUT2D eigenvalue weighted by Gasteiger charge is 2.59. The number of nitrogens with one attached hydrogen (secondary N) is 1. The van der Waals surface area contributed by atoms with Gasteiger partial charge in [-0.2, -0.15) is 5.01 Å². The van der Waals surface area contributed by atoms with Crippen LogP contribution in [0.1, 0.15) is 12.0 Å². The van der Waals surface area contributed by atoms with Crippen LogP contribution in [0.3, 0.4) is 0 Å². The molecule has 1 saturated carbocycles. The number of benzene rings is 1. The Morgan fingerprint density at radius 1 is 1.24 bits per heavy atom. The van der Waals surface area contributed by atoms with Crippen LogP contribution in [0, 0.1) is 30.6 Å². The number of nitrogens with zero attached hydrogens (tertiary/aromatic N) is 1. The fraction of sp³-hybridized carbons (Fsp3) is 0.389. The maximum Gasteiger partial charge on any atom is 0.276 e. The van der Waals surface area contributed by atoms with Crippen molar-refractivity contribution in [2.24, 2.45) is 23.7 Å². The number of halogens is 1. The zero-order chi connectivity index (χ0) is 17.7. The number of imide groups is 1. The maximum atomic E-state index is 12.5. The Balaban J connectivity index is 1.38. The van der Waals surface area contributed by atoms with Crippen molar-refractivity contribution in [1.29, 1.82) is 0 Å². The van der Waals surface area contributed by atoms with E-state index in [1.165, 1.54) is 0 Å². The number of aryl methyl sites for hydroxylation is 1. The van der Waals surface area contributed by atoms with Crippen molar-refractivity contribution < 1.29 is 19.1 Å². The highest BCUT2D eigenvalue weighted by atomic mass is 35.5. The number of hydrogen-bond acceptors (Lipinski definition) is 4. The third-order valence-corrected chi connectivity index (χ3v) is 5.44. The summed E-state index contributed by atoms with van der Waals surface area (Å²) in [5.74, 6) is -1.09. The van der Waals surface area contributed by atoms with Crippen molar-refractivity contribution >= 4 is 29.3 Å². The smallest absolute Gasteiger partial charge is 0.276 e. The van der Waals surface area contributed by atoms with Gasteiger partial charge in [0.1, 0.15) is 5.75 Å². The van der Waals surface area contributed by atoms with Gasteiger partial charge in [0.25, 0.3) is 17.7 Å². The zero-order valence-corrected chi connectivity index (χ0v) is 14.3. The monoisotopic (exact) mass is 360 g/mol. The first-order valence-electron chi connectivity index (χ1n) is 8.20. The van der Waals surface area contributed by atoms with Gasteiger partial charge in [0, 0.05) is 5.02 Å². The fourth-order valence-electron chi connectivity index (χ4n) is 4.09. The molecule has 1 aromatic carbocycles. The normalized spacial score (nSPS) is 29.3. The van der Waals surface area contributed by atoms with E-state index < -0.39 is 5.91 Å². The second-order valence-corrected chi connectivity index (χ2v) is 7.18. The molecule has 1 aliphatic heterocycles. The molecule has 1 aromatic rings. The number of hydrogen-bond donors (Lipinski definition) is 1. The van der Waals surface area contributed by atoms with Crippen LogP contribution >= 0.6 is 11.6 Å². The minimum absolute atomic E-state index is 0.112. The SMILES string of the molecule is Cc1cc(Cl)ccc1OCC(=O)NN1C(=O)[C@@H]2[C@H](C1=O)[C@@H]1C=C[C@H]2C1. The molecule has 1 N–H and O–H groups in total. The largest absolute Gasteiger partial charge is 0.483 e. The lowest BCUT2D eigenvalue weighted by Gasteiger charge is -2.18. The number of carbonyl (C=O) groups is 3. The van der Waals surface area contributed by atoms with Crippen LogP contribution in [0.25, 0.3) is 0 Å². The molecule has 4 rings (SSSR count). The first-order chi connectivity index (χ1) is 12.0. The van der Waals surface area contributed by atoms with Gasteiger partial charge >= 0.3 is 0 Å². The molecular weight excluding hydrogens is 344 g/mol. The van der Waals surface area contributed by atoms with E-state index in [4.69, 9.17) is 16.3 Å². The first-order valence-corrected chi connectivity index (χ1v) is 8.58. The highest BCUT2D eigenvalue weighted by Crippen LogP contribution is 2.52. The van der Waals surface area contributed by atoms with Gasteiger partial charge < -0.3 is 4.74 Å². The number of rotatable bonds is 4. The Morgan fingerprint density at radius 2 is 1.88 bits per heavy atom. The van der Waals surface area contributed by atoms with Crippen LogP contribution in [0.4, 0.5) is 0 Å². The maximum absolute atomic E-state index is 12.5. The average molecular weight is 361 g/mol. The van der Waals surface area contributed by atoms with Gasteiger partial charge in [-0.25, -0.2) is 0 Å². The summed E-state index contributed by atoms with van der Waals surface area (Å²) in [7, 11) is 0. The second kappa shape index (κ2) is 5.88. The van der Waals surface area contributed by atoms with Crippen LogP contribution in [-0.4, -0.2) is 29.3 Å². The summed E-state index contributed by atoms with van der Waals surface area (Å²) in [6.45, 7) is 1.52. The Kier molecular flexibility index (Phi) is 3.80. The molecule has 2 aliphatic carbocycles. The number of ether oxygens (including phenoxy) is 1. The Hall–Kier alpha value is -2.34. The van der Waals surface area contributed by atoms with E-state index in [2.05, 4.69) is 5.43 Å². The summed E-state index contributed by atoms with van der Waals surface area (Å²) < 4.78 is 5.45. The van der Waals surface area contributed by atoms with E-state index in [0.29, 0.717) is 10.8 Å². The van der Waals surface area contributed by atoms with E-state index in [9.17, 15) is 14.4 Å². The molecular formula is C18H17ClN2O4. The molecule has 25 heavy (non-hydrogen) atoms. The lowest BCUT2D eigenvalue weighted by atomic mass is 9.85. The summed E-state index contributed by atoms with van der Waals surface area (Å²) >= 11 is 5.88. The fourth-order valence-corrected chi connectivity index (χ4v) is 4.31. The molecule has 0 spiro atoms. The van der Waals surface area contributed by atoms with Gasteiger partial charge in [0.2, 0.25) is 0 Å². The summed E-state index contributed by atoms with van der Waals surface area (Å²) in [5.41, 5.74) is 3.19. The zero-order valence-electron chi connectivity index (χ0n) is 13.6. The predicted molar refractivity (Wildman–Crippen MR) is 89.4 cm³/mol. The molecule has 3 amide bonds. The van der Waals surface area contributed by atoms with E-state index in [1.807, 2.05) is 19.1 Å². The number of allylic oxidation sites excluding steroid dienone is 2. The highest BCUT2D eigenvalue weighted by molar-refractivity contribution is 6.30. The summed E-state index contributed by atoms with van der Waals surface area (Å²) in [4.78, 5) is 37.1. The van der Waals surface area contributed by atoms with Crippen LogP contribution in [0.5, 0.6) is 5.75 Å². The van der Waals surface area contributed by atoms with Gasteiger partial charge in [0.15, 0.2) is 6.61 Å². The molecule has 0 radical (unpaired) electrons. The molecule has 6 nitrogen and oxygen atoms in total. The minimum atomic E-state index is -0.545. The topological polar surface area (TPSA) is 75.7 Å². The number of carbonyl (C=O) groups excluding carboxylic acids is 3. The third-order valence-electron chi connectivity index (χ3n) is 5.20. The van der Waals surface area contributed by atoms with E-state index in [1.54, 1.807) is 18.2 Å². The van der Waals surface area contributed by atoms with Crippen molar-refractivity contribution in [3.05, 3.63) is 40.9 Å². The lowest BCUT2D eigenvalue weighted by molar-refractivity contribution is -0.150. The van der Waals surface area contributed by atoms with E-state index in [-0.39, 0.29) is 42.1 Å². The number of amides is 3. The molecule has 1 saturated heterocycles. The molecule has 7 heteroatoms. The first kappa shape index (κ1) is 16.1. The van der Waals surface area contributed by atoms with E-state index >= 15 is 0 Å². The van der Waals surface area contributed by atoms with Crippen LogP contribution in [-0.2, 0) is 14.4 Å². The van der Waals surface area contributed by atoms with Gasteiger partial charge in [0.05, 0.1) is 11.8 Å². The van der Waals surface area contributed by atoms with Gasteiger partial charge in [-0.3, -0.25) is 19.8 Å². The van der Waals surface area contributed by atoms with Gasteiger partial charge in [-0.05, 0) is 48.9 Å². The van der Waals surface area contributed by atoms with E-state index in [0.717, 1.165) is 17.0 Å². The molecule has 3 aliphatic rings. The lowest BCUT2D eigenvalue weighted by Crippen LogP contribution is -2.48. The van der Waals surface area contributed by atoms with Gasteiger partial charge in [-0.1, -0.05) is 23.8 Å². The summed E-state index contributed by atoms with van der Waals surface area (Å²) in [6, 6.07) is 5.07. The molecule has 2 fully saturated rings. The molecule has 2 bridgehead atoms. The molecule has 130 valence electrons. The van der Waals surface area contributed by atoms with Crippen molar-refractivity contribution in [3.63, 3.8) is 0 Å². The summed E-state index contributed by atoms with van der Waals surface area (Å²) in [6.07, 6.45) is 4.87. The van der Waals surface area contributed by atoms with Crippen molar-refractivity contribution in [1.82, 2.24) is 10.4 Å². The minimum Gasteiger partial charge on any atom is -0.483 e. The predicted octanol–water partition coefficient (Wildman–Crippen LogP) is 1.87. The summed E-state index contributed by atoms with van der Waals surface area (Å²) in [5, 5.41) is 1.46. The second-order valence-electron chi connectivity index (χ2n) is 6.75. The number of hydrazine groups is 1. The molecule has 0 aromatic heterocycles. The Bertz CT molecular complexity index is 776. The van der Waals surface area contributed by atoms with Crippen LogP contribution < -0.4 is 10.2 Å². The third kappa shape index (κ3) is 2.61. The van der Waals surface area contributed by atoms with Crippen LogP contribution in [0.2, 0.25) is 5.02 Å². The average Bonchev–Trinajstić information content (AvgIpc) is 3.24. The molecule has 1 heterocycles. The Morgan fingerprint density at radius 3 is 2.48 bits per heavy atom. The standard InChI is InChI=1S/C18H17ClN2O4/c1-9-6-12(19)4-5-13(9)25-8-14(22)20-21-17(23)15-10-2-3-11(7-10)16(15)18(21)24/h2-6,10-11,15-16H,7-8H2,1H3,(H,20,22)/t10-,11+,15-,16+. The Labute approximate surface area is 149 Å². The van der Waals surface area contributed by atoms with Crippen LogP contribution in [0.15, 0.2) is 30.4 Å². The van der Waals surface area contributed by atoms with Crippen molar-refractivity contribution in [2.45, 2.75) is 13.3 Å². The van der Waals surface area contributed by atoms with Crippen molar-refractivity contribution in [3.8, 4) is 5.75 Å². The number of fused-ring (bicyclic) bond motifs is 5. The van der Waals surface area contributed by atoms with Gasteiger partial charge in [-0.15, -0.1) is 0 Å². The quantitative estimate of drug-likeness (QED) is 0.657.